The Hall–Kier alpha value is -2.16. The predicted octanol–water partition coefficient (Wildman–Crippen LogP) is 8.28. The van der Waals surface area contributed by atoms with Crippen LogP contribution in [-0.4, -0.2) is 44.9 Å². The molecule has 2 N–H and O–H groups in total. The van der Waals surface area contributed by atoms with Crippen molar-refractivity contribution in [1.29, 1.82) is 0 Å². The minimum absolute atomic E-state index is 0.000782. The molecular weight excluding hydrogens is 643 g/mol. The molecule has 5 atom stereocenters. The van der Waals surface area contributed by atoms with Crippen molar-refractivity contribution in [1.82, 2.24) is 10.2 Å². The highest BCUT2D eigenvalue weighted by Gasteiger charge is 2.50. The summed E-state index contributed by atoms with van der Waals surface area (Å²) in [5.41, 5.74) is 6.50. The number of halogens is 3. The maximum absolute atomic E-state index is 12.1. The maximum Gasteiger partial charge on any atom is 0.272 e. The highest BCUT2D eigenvalue weighted by Crippen LogP contribution is 2.53. The molecule has 246 valence electrons. The van der Waals surface area contributed by atoms with Gasteiger partial charge in [-0.15, -0.1) is 0 Å². The van der Waals surface area contributed by atoms with Crippen molar-refractivity contribution in [2.24, 2.45) is 10.8 Å². The molecule has 0 radical (unpaired) electrons. The summed E-state index contributed by atoms with van der Waals surface area (Å²) in [6.45, 7) is 9.52. The van der Waals surface area contributed by atoms with Gasteiger partial charge < -0.3 is 19.9 Å². The van der Waals surface area contributed by atoms with Crippen LogP contribution >= 0.6 is 34.8 Å². The zero-order valence-electron chi connectivity index (χ0n) is 26.6. The first-order valence-electron chi connectivity index (χ1n) is 16.1. The molecule has 1 amide bonds. The van der Waals surface area contributed by atoms with E-state index < -0.39 is 16.0 Å². The lowest BCUT2D eigenvalue weighted by atomic mass is 9.65. The van der Waals surface area contributed by atoms with E-state index in [1.165, 1.54) is 19.3 Å². The van der Waals surface area contributed by atoms with Gasteiger partial charge in [-0.2, -0.15) is 0 Å². The van der Waals surface area contributed by atoms with Crippen LogP contribution in [0.1, 0.15) is 81.1 Å². The average molecular weight is 686 g/mol. The Labute approximate surface area is 287 Å². The first-order chi connectivity index (χ1) is 21.8. The molecule has 46 heavy (non-hydrogen) atoms. The number of amides is 1. The Morgan fingerprint density at radius 2 is 1.65 bits per heavy atom. The number of rotatable bonds is 8. The fourth-order valence-corrected chi connectivity index (χ4v) is 8.29. The Morgan fingerprint density at radius 1 is 0.935 bits per heavy atom. The number of hydrogen-bond donors (Lipinski definition) is 2. The maximum atomic E-state index is 12.1. The van der Waals surface area contributed by atoms with Crippen molar-refractivity contribution in [3.63, 3.8) is 0 Å². The molecule has 0 aromatic heterocycles. The van der Waals surface area contributed by atoms with Crippen molar-refractivity contribution >= 4 is 40.7 Å². The lowest BCUT2D eigenvalue weighted by Crippen LogP contribution is -2.42. The van der Waals surface area contributed by atoms with Crippen LogP contribution in [0.5, 0.6) is 0 Å². The molecule has 3 fully saturated rings. The summed E-state index contributed by atoms with van der Waals surface area (Å²) in [7, 11) is 0. The van der Waals surface area contributed by atoms with Gasteiger partial charge in [0.25, 0.3) is 9.70 Å². The number of fused-ring (bicyclic) bond motifs is 2. The number of benzene rings is 3. The minimum atomic E-state index is -2.01. The molecule has 1 aliphatic carbocycles. The number of aliphatic hydroxyl groups excluding tert-OH is 1. The van der Waals surface area contributed by atoms with Crippen LogP contribution in [0.15, 0.2) is 72.8 Å². The van der Waals surface area contributed by atoms with Gasteiger partial charge in [-0.1, -0.05) is 116 Å². The lowest BCUT2D eigenvalue weighted by Gasteiger charge is -2.41. The number of alkyl halides is 3. The number of carbonyl (C=O) groups excluding carboxylic acids is 1. The number of nitrogens with zero attached hydrogens (tertiary/aromatic N) is 1. The summed E-state index contributed by atoms with van der Waals surface area (Å²) in [5, 5.41) is 12.3. The third-order valence-electron chi connectivity index (χ3n) is 9.71. The highest BCUT2D eigenvalue weighted by atomic mass is 35.6. The number of carbonyl (C=O) groups is 1. The average Bonchev–Trinajstić information content (AvgIpc) is 3.26. The normalized spacial score (nSPS) is 27.8. The van der Waals surface area contributed by atoms with Gasteiger partial charge in [0.15, 0.2) is 6.29 Å². The molecule has 2 bridgehead atoms. The number of likely N-dealkylation sites (tertiary alicyclic amines) is 1. The lowest BCUT2D eigenvalue weighted by molar-refractivity contribution is -0.253. The second-order valence-corrected chi connectivity index (χ2v) is 16.8. The summed E-state index contributed by atoms with van der Waals surface area (Å²) in [5.74, 6) is -0.665. The molecule has 3 aromatic rings. The van der Waals surface area contributed by atoms with Gasteiger partial charge in [-0.25, -0.2) is 0 Å². The monoisotopic (exact) mass is 684 g/mol. The van der Waals surface area contributed by atoms with E-state index >= 15 is 0 Å². The van der Waals surface area contributed by atoms with Crippen LogP contribution in [0, 0.1) is 10.8 Å². The summed E-state index contributed by atoms with van der Waals surface area (Å²) in [6, 6.07) is 24.8. The van der Waals surface area contributed by atoms with E-state index in [0.29, 0.717) is 16.9 Å². The van der Waals surface area contributed by atoms with E-state index in [1.807, 2.05) is 42.5 Å². The highest BCUT2D eigenvalue weighted by molar-refractivity contribution is 6.76. The quantitative estimate of drug-likeness (QED) is 0.234. The molecule has 2 saturated heterocycles. The molecule has 3 aliphatic rings. The van der Waals surface area contributed by atoms with Gasteiger partial charge in [0, 0.05) is 37.7 Å². The minimum Gasteiger partial charge on any atom is -0.392 e. The van der Waals surface area contributed by atoms with Gasteiger partial charge >= 0.3 is 0 Å². The molecular formula is C37H43Cl3N2O4. The van der Waals surface area contributed by atoms with Crippen LogP contribution in [0.25, 0.3) is 11.1 Å². The second kappa shape index (κ2) is 13.4. The van der Waals surface area contributed by atoms with E-state index in [2.05, 4.69) is 61.3 Å². The predicted molar refractivity (Wildman–Crippen MR) is 184 cm³/mol. The van der Waals surface area contributed by atoms with Crippen LogP contribution in [-0.2, 0) is 27.4 Å². The van der Waals surface area contributed by atoms with Crippen molar-refractivity contribution in [2.45, 2.75) is 87.9 Å². The van der Waals surface area contributed by atoms with E-state index in [-0.39, 0.29) is 25.4 Å². The zero-order chi connectivity index (χ0) is 32.7. The number of aliphatic hydroxyl groups is 1. The summed E-state index contributed by atoms with van der Waals surface area (Å²) in [6.07, 6.45) is 3.82. The van der Waals surface area contributed by atoms with Crippen molar-refractivity contribution in [3.05, 3.63) is 95.1 Å². The first-order valence-corrected chi connectivity index (χ1v) is 17.2. The van der Waals surface area contributed by atoms with Gasteiger partial charge in [-0.05, 0) is 70.0 Å². The van der Waals surface area contributed by atoms with E-state index in [0.717, 1.165) is 52.9 Å². The Balaban J connectivity index is 1.23. The number of ether oxygens (including phenoxy) is 2. The SMILES string of the molecule is CC1(C)CC2CC(C)(CN2C[C@@H]2C[C@H](c3ccc(CO)cc3)O[C@H](c3cccc(-c4cccc(CNC(=O)C(Cl)(Cl)Cl)c4)c3)O2)C1. The van der Waals surface area contributed by atoms with Crippen molar-refractivity contribution < 1.29 is 19.4 Å². The molecule has 2 heterocycles. The smallest absolute Gasteiger partial charge is 0.272 e. The van der Waals surface area contributed by atoms with Crippen molar-refractivity contribution in [2.75, 3.05) is 13.1 Å². The van der Waals surface area contributed by atoms with E-state index in [9.17, 15) is 9.90 Å². The van der Waals surface area contributed by atoms with E-state index in [1.54, 1.807) is 0 Å². The molecule has 9 heteroatoms. The number of hydrogen-bond acceptors (Lipinski definition) is 5. The first kappa shape index (κ1) is 33.7. The fraction of sp³-hybridized carbons (Fsp3) is 0.486. The molecule has 1 saturated carbocycles. The van der Waals surface area contributed by atoms with Gasteiger partial charge in [0.05, 0.1) is 18.8 Å². The zero-order valence-corrected chi connectivity index (χ0v) is 28.9. The van der Waals surface area contributed by atoms with Gasteiger partial charge in [0.2, 0.25) is 0 Å². The molecule has 6 rings (SSSR count). The van der Waals surface area contributed by atoms with Gasteiger partial charge in [0.1, 0.15) is 0 Å². The third-order valence-corrected chi connectivity index (χ3v) is 10.2. The topological polar surface area (TPSA) is 71.0 Å². The fourth-order valence-electron chi connectivity index (χ4n) is 8.09. The molecule has 6 nitrogen and oxygen atoms in total. The standard InChI is InChI=1S/C37H43Cl3N2O4/c1-35(2)17-30-18-36(3,22-35)23-42(30)20-31-16-32(26-12-10-24(21-43)11-13-26)46-33(45-31)29-9-5-8-28(15-29)27-7-4-6-25(14-27)19-41-34(44)37(38,39)40/h4-15,30-33,43H,16-23H2,1-3H3,(H,41,44)/t30?,31-,32+,33+,36?/m0/s1. The largest absolute Gasteiger partial charge is 0.392 e. The Kier molecular flexibility index (Phi) is 9.82. The summed E-state index contributed by atoms with van der Waals surface area (Å²) >= 11 is 17.1. The van der Waals surface area contributed by atoms with Gasteiger partial charge in [-0.3, -0.25) is 9.69 Å². The van der Waals surface area contributed by atoms with Crippen LogP contribution in [0.2, 0.25) is 0 Å². The van der Waals surface area contributed by atoms with Crippen LogP contribution < -0.4 is 5.32 Å². The molecule has 2 aliphatic heterocycles. The van der Waals surface area contributed by atoms with E-state index in [4.69, 9.17) is 44.3 Å². The third kappa shape index (κ3) is 7.92. The second-order valence-electron chi connectivity index (χ2n) is 14.5. The van der Waals surface area contributed by atoms with Crippen molar-refractivity contribution in [3.8, 4) is 11.1 Å². The summed E-state index contributed by atoms with van der Waals surface area (Å²) in [4.78, 5) is 14.7. The number of nitrogens with one attached hydrogen (secondary N) is 1. The summed E-state index contributed by atoms with van der Waals surface area (Å²) < 4.78 is 11.5. The Morgan fingerprint density at radius 3 is 2.37 bits per heavy atom. The molecule has 0 spiro atoms. The van der Waals surface area contributed by atoms with Crippen LogP contribution in [0.4, 0.5) is 0 Å². The molecule has 2 unspecified atom stereocenters. The molecule has 3 aromatic carbocycles. The van der Waals surface area contributed by atoms with Crippen LogP contribution in [0.3, 0.4) is 0 Å². The Bertz CT molecular complexity index is 1540.